The molecule has 0 aliphatic carbocycles. The minimum atomic E-state index is -0.614. The first-order chi connectivity index (χ1) is 17.5. The van der Waals surface area contributed by atoms with Crippen molar-refractivity contribution in [2.24, 2.45) is 10.2 Å². The van der Waals surface area contributed by atoms with Crippen LogP contribution in [-0.4, -0.2) is 21.2 Å². The second-order valence-electron chi connectivity index (χ2n) is 8.31. The van der Waals surface area contributed by atoms with Crippen LogP contribution in [0, 0.1) is 0 Å². The zero-order valence-electron chi connectivity index (χ0n) is 19.4. The summed E-state index contributed by atoms with van der Waals surface area (Å²) in [5, 5.41) is 45.9. The summed E-state index contributed by atoms with van der Waals surface area (Å²) in [4.78, 5) is 13.0. The highest BCUT2D eigenvalue weighted by molar-refractivity contribution is 6.12. The fraction of sp³-hybridized carbons (Fsp3) is 0.0690. The third kappa shape index (κ3) is 4.07. The van der Waals surface area contributed by atoms with Crippen LogP contribution in [0.4, 0.5) is 17.1 Å². The Morgan fingerprint density at radius 1 is 0.778 bits per heavy atom. The summed E-state index contributed by atoms with van der Waals surface area (Å²) in [6, 6.07) is 24.3. The fourth-order valence-corrected chi connectivity index (χ4v) is 4.25. The van der Waals surface area contributed by atoms with Crippen LogP contribution in [0.5, 0.6) is 17.2 Å². The molecule has 0 unspecified atom stereocenters. The maximum Gasteiger partial charge on any atom is 0.259 e. The number of phenols is 3. The standard InChI is InChI=1S/C29H23N3O4/c1-2-17-9-7-11-21-19(17)14-15-24(27(21)34)31-32-26-20-10-4-3-8-18(20)16-22(28(26)35)29(36)30-23-12-5-6-13-25(23)33/h3-16,33-35H,2H2,1H3,(H,30,36). The van der Waals surface area contributed by atoms with Crippen molar-refractivity contribution in [2.75, 3.05) is 5.32 Å². The lowest BCUT2D eigenvalue weighted by atomic mass is 10.0. The molecule has 7 heteroatoms. The average molecular weight is 478 g/mol. The van der Waals surface area contributed by atoms with E-state index in [0.717, 1.165) is 17.4 Å². The van der Waals surface area contributed by atoms with Crippen molar-refractivity contribution in [1.82, 2.24) is 0 Å². The number of rotatable bonds is 5. The largest absolute Gasteiger partial charge is 0.506 e. The topological polar surface area (TPSA) is 115 Å². The highest BCUT2D eigenvalue weighted by Gasteiger charge is 2.19. The molecule has 178 valence electrons. The number of phenolic OH excluding ortho intramolecular Hbond substituents is 3. The predicted molar refractivity (Wildman–Crippen MR) is 141 cm³/mol. The maximum atomic E-state index is 13.0. The monoisotopic (exact) mass is 477 g/mol. The lowest BCUT2D eigenvalue weighted by Crippen LogP contribution is -2.12. The maximum absolute atomic E-state index is 13.0. The first kappa shape index (κ1) is 22.9. The van der Waals surface area contributed by atoms with Crippen LogP contribution in [0.2, 0.25) is 0 Å². The van der Waals surface area contributed by atoms with Gasteiger partial charge in [-0.25, -0.2) is 0 Å². The molecule has 0 heterocycles. The van der Waals surface area contributed by atoms with Crippen LogP contribution in [-0.2, 0) is 6.42 Å². The number of nitrogens with zero attached hydrogens (tertiary/aromatic N) is 2. The molecule has 5 aromatic carbocycles. The smallest absolute Gasteiger partial charge is 0.259 e. The van der Waals surface area contributed by atoms with Crippen LogP contribution >= 0.6 is 0 Å². The van der Waals surface area contributed by atoms with Crippen LogP contribution in [0.1, 0.15) is 22.8 Å². The van der Waals surface area contributed by atoms with E-state index in [-0.39, 0.29) is 39.9 Å². The lowest BCUT2D eigenvalue weighted by molar-refractivity contribution is 0.102. The van der Waals surface area contributed by atoms with Crippen LogP contribution in [0.15, 0.2) is 95.2 Å². The molecule has 0 saturated carbocycles. The molecule has 36 heavy (non-hydrogen) atoms. The number of benzene rings is 5. The normalized spacial score (nSPS) is 11.4. The number of aromatic hydroxyl groups is 3. The summed E-state index contributed by atoms with van der Waals surface area (Å²) in [6.07, 6.45) is 0.827. The van der Waals surface area contributed by atoms with Gasteiger partial charge in [0.05, 0.1) is 11.3 Å². The third-order valence-corrected chi connectivity index (χ3v) is 6.13. The van der Waals surface area contributed by atoms with Gasteiger partial charge in [0.25, 0.3) is 5.91 Å². The summed E-state index contributed by atoms with van der Waals surface area (Å²) in [5.41, 5.74) is 1.63. The molecule has 0 aliphatic rings. The Kier molecular flexibility index (Phi) is 5.96. The van der Waals surface area contributed by atoms with Crippen LogP contribution < -0.4 is 5.32 Å². The number of para-hydroxylation sites is 2. The molecule has 0 fully saturated rings. The van der Waals surface area contributed by atoms with Gasteiger partial charge >= 0.3 is 0 Å². The Morgan fingerprint density at radius 3 is 2.33 bits per heavy atom. The summed E-state index contributed by atoms with van der Waals surface area (Å²) in [7, 11) is 0. The number of hydrogen-bond acceptors (Lipinski definition) is 6. The fourth-order valence-electron chi connectivity index (χ4n) is 4.25. The Morgan fingerprint density at radius 2 is 1.53 bits per heavy atom. The van der Waals surface area contributed by atoms with Gasteiger partial charge in [-0.05, 0) is 47.0 Å². The SMILES string of the molecule is CCc1cccc2c(O)c(N=Nc3c(O)c(C(=O)Nc4ccccc4O)cc4ccccc34)ccc12. The van der Waals surface area contributed by atoms with E-state index in [1.807, 2.05) is 30.3 Å². The molecule has 0 bridgehead atoms. The molecule has 5 aromatic rings. The van der Waals surface area contributed by atoms with Crippen molar-refractivity contribution in [1.29, 1.82) is 0 Å². The zero-order valence-corrected chi connectivity index (χ0v) is 19.4. The van der Waals surface area contributed by atoms with E-state index in [1.54, 1.807) is 48.5 Å². The van der Waals surface area contributed by atoms with Crippen LogP contribution in [0.3, 0.4) is 0 Å². The summed E-state index contributed by atoms with van der Waals surface area (Å²) >= 11 is 0. The van der Waals surface area contributed by atoms with Crippen molar-refractivity contribution in [3.05, 3.63) is 96.1 Å². The second-order valence-corrected chi connectivity index (χ2v) is 8.31. The quantitative estimate of drug-likeness (QED) is 0.157. The Hall–Kier alpha value is -4.91. The molecule has 0 aliphatic heterocycles. The molecule has 5 rings (SSSR count). The number of nitrogens with one attached hydrogen (secondary N) is 1. The van der Waals surface area contributed by atoms with E-state index in [1.165, 1.54) is 6.07 Å². The highest BCUT2D eigenvalue weighted by Crippen LogP contribution is 2.42. The first-order valence-electron chi connectivity index (χ1n) is 11.5. The Labute approximate surface area is 207 Å². The number of anilines is 1. The molecule has 4 N–H and O–H groups in total. The van der Waals surface area contributed by atoms with Gasteiger partial charge in [-0.3, -0.25) is 4.79 Å². The Bertz CT molecular complexity index is 1660. The first-order valence-corrected chi connectivity index (χ1v) is 11.5. The summed E-state index contributed by atoms with van der Waals surface area (Å²) in [6.45, 7) is 2.05. The molecule has 1 amide bonds. The summed E-state index contributed by atoms with van der Waals surface area (Å²) in [5.74, 6) is -1.08. The van der Waals surface area contributed by atoms with E-state index in [9.17, 15) is 20.1 Å². The minimum absolute atomic E-state index is 0.0104. The van der Waals surface area contributed by atoms with Gasteiger partial charge in [-0.15, -0.1) is 10.2 Å². The number of fused-ring (bicyclic) bond motifs is 2. The molecule has 0 radical (unpaired) electrons. The molecular formula is C29H23N3O4. The Balaban J connectivity index is 1.59. The van der Waals surface area contributed by atoms with E-state index >= 15 is 0 Å². The second kappa shape index (κ2) is 9.38. The van der Waals surface area contributed by atoms with E-state index in [2.05, 4.69) is 22.5 Å². The van der Waals surface area contributed by atoms with Crippen molar-refractivity contribution in [3.8, 4) is 17.2 Å². The molecule has 0 spiro atoms. The van der Waals surface area contributed by atoms with E-state index < -0.39 is 5.91 Å². The van der Waals surface area contributed by atoms with Gasteiger partial charge in [0, 0.05) is 10.8 Å². The molecule has 7 nitrogen and oxygen atoms in total. The highest BCUT2D eigenvalue weighted by atomic mass is 16.3. The number of hydrogen-bond donors (Lipinski definition) is 4. The molecule has 0 atom stereocenters. The van der Waals surface area contributed by atoms with Gasteiger partial charge in [-0.2, -0.15) is 0 Å². The number of azo groups is 1. The molecule has 0 saturated heterocycles. The van der Waals surface area contributed by atoms with Crippen molar-refractivity contribution < 1.29 is 20.1 Å². The third-order valence-electron chi connectivity index (χ3n) is 6.13. The van der Waals surface area contributed by atoms with Crippen molar-refractivity contribution in [3.63, 3.8) is 0 Å². The van der Waals surface area contributed by atoms with Crippen molar-refractivity contribution >= 4 is 44.5 Å². The van der Waals surface area contributed by atoms with E-state index in [0.29, 0.717) is 16.2 Å². The molecular weight excluding hydrogens is 454 g/mol. The number of aryl methyl sites for hydroxylation is 1. The summed E-state index contributed by atoms with van der Waals surface area (Å²) < 4.78 is 0. The number of carbonyl (C=O) groups excluding carboxylic acids is 1. The minimum Gasteiger partial charge on any atom is -0.506 e. The van der Waals surface area contributed by atoms with Gasteiger partial charge in [0.1, 0.15) is 17.1 Å². The van der Waals surface area contributed by atoms with Crippen molar-refractivity contribution in [2.45, 2.75) is 13.3 Å². The van der Waals surface area contributed by atoms with Crippen LogP contribution in [0.25, 0.3) is 21.5 Å². The average Bonchev–Trinajstić information content (AvgIpc) is 2.90. The van der Waals surface area contributed by atoms with Gasteiger partial charge in [0.15, 0.2) is 11.5 Å². The van der Waals surface area contributed by atoms with Gasteiger partial charge in [-0.1, -0.05) is 67.6 Å². The number of carbonyl (C=O) groups is 1. The van der Waals surface area contributed by atoms with Gasteiger partial charge in [0.2, 0.25) is 0 Å². The predicted octanol–water partition coefficient (Wildman–Crippen LogP) is 7.34. The number of amides is 1. The van der Waals surface area contributed by atoms with E-state index in [4.69, 9.17) is 0 Å². The lowest BCUT2D eigenvalue weighted by Gasteiger charge is -2.12. The zero-order chi connectivity index (χ0) is 25.2. The molecule has 0 aromatic heterocycles. The van der Waals surface area contributed by atoms with Gasteiger partial charge < -0.3 is 20.6 Å².